The Kier molecular flexibility index (Phi) is 7.05. The highest BCUT2D eigenvalue weighted by Crippen LogP contribution is 2.38. The molecular formula is C24H30N2O5. The van der Waals surface area contributed by atoms with Crippen molar-refractivity contribution in [3.8, 4) is 17.2 Å². The van der Waals surface area contributed by atoms with Crippen LogP contribution in [0.4, 0.5) is 5.69 Å². The van der Waals surface area contributed by atoms with E-state index in [9.17, 15) is 9.59 Å². The number of anilines is 1. The van der Waals surface area contributed by atoms with Crippen molar-refractivity contribution in [1.82, 2.24) is 5.32 Å². The van der Waals surface area contributed by atoms with Crippen molar-refractivity contribution in [2.75, 3.05) is 32.8 Å². The predicted molar refractivity (Wildman–Crippen MR) is 119 cm³/mol. The van der Waals surface area contributed by atoms with Crippen molar-refractivity contribution in [2.24, 2.45) is 5.92 Å². The second-order valence-electron chi connectivity index (χ2n) is 7.91. The number of amides is 2. The highest BCUT2D eigenvalue weighted by atomic mass is 16.5. The van der Waals surface area contributed by atoms with Crippen LogP contribution in [0.3, 0.4) is 0 Å². The average Bonchev–Trinajstić information content (AvgIpc) is 3.18. The number of nitrogens with zero attached hydrogens (tertiary/aromatic N) is 1. The van der Waals surface area contributed by atoms with Crippen LogP contribution >= 0.6 is 0 Å². The summed E-state index contributed by atoms with van der Waals surface area (Å²) in [4.78, 5) is 27.1. The molecule has 1 unspecified atom stereocenters. The van der Waals surface area contributed by atoms with E-state index in [1.165, 1.54) is 5.56 Å². The van der Waals surface area contributed by atoms with Gasteiger partial charge in [0.25, 0.3) is 0 Å². The van der Waals surface area contributed by atoms with E-state index >= 15 is 0 Å². The number of hydrogen-bond donors (Lipinski definition) is 1. The van der Waals surface area contributed by atoms with Gasteiger partial charge in [0.05, 0.1) is 27.2 Å². The van der Waals surface area contributed by atoms with Gasteiger partial charge in [-0.2, -0.15) is 0 Å². The van der Waals surface area contributed by atoms with E-state index < -0.39 is 5.92 Å². The molecule has 0 spiro atoms. The van der Waals surface area contributed by atoms with Crippen molar-refractivity contribution < 1.29 is 23.8 Å². The maximum Gasteiger partial charge on any atom is 0.227 e. The lowest BCUT2D eigenvalue weighted by Gasteiger charge is -2.19. The molecule has 31 heavy (non-hydrogen) atoms. The monoisotopic (exact) mass is 426 g/mol. The van der Waals surface area contributed by atoms with Gasteiger partial charge in [-0.05, 0) is 41.3 Å². The molecule has 2 aromatic carbocycles. The first-order valence-electron chi connectivity index (χ1n) is 10.3. The van der Waals surface area contributed by atoms with Crippen LogP contribution in [0.5, 0.6) is 17.2 Å². The summed E-state index contributed by atoms with van der Waals surface area (Å²) < 4.78 is 16.0. The summed E-state index contributed by atoms with van der Waals surface area (Å²) in [7, 11) is 4.64. The van der Waals surface area contributed by atoms with Crippen molar-refractivity contribution in [1.29, 1.82) is 0 Å². The summed E-state index contributed by atoms with van der Waals surface area (Å²) >= 11 is 0. The lowest BCUT2D eigenvalue weighted by atomic mass is 10.0. The summed E-state index contributed by atoms with van der Waals surface area (Å²) in [6, 6.07) is 11.5. The molecule has 7 nitrogen and oxygen atoms in total. The summed E-state index contributed by atoms with van der Waals surface area (Å²) in [6.45, 7) is 4.90. The van der Waals surface area contributed by atoms with Crippen LogP contribution in [0.15, 0.2) is 36.4 Å². The summed E-state index contributed by atoms with van der Waals surface area (Å²) in [5.41, 5.74) is 2.82. The zero-order valence-electron chi connectivity index (χ0n) is 18.7. The third-order valence-electron chi connectivity index (χ3n) is 5.54. The fourth-order valence-corrected chi connectivity index (χ4v) is 3.76. The molecule has 166 valence electrons. The van der Waals surface area contributed by atoms with Crippen LogP contribution in [0.1, 0.15) is 37.3 Å². The molecule has 0 bridgehead atoms. The highest BCUT2D eigenvalue weighted by Gasteiger charge is 2.35. The molecule has 1 N–H and O–H groups in total. The first-order chi connectivity index (χ1) is 14.9. The molecule has 0 saturated carbocycles. The van der Waals surface area contributed by atoms with Gasteiger partial charge in [0.15, 0.2) is 11.5 Å². The molecule has 1 atom stereocenters. The number of carbonyl (C=O) groups excluding carboxylic acids is 2. The number of carbonyl (C=O) groups is 2. The number of rotatable bonds is 8. The topological polar surface area (TPSA) is 77.1 Å². The second-order valence-corrected chi connectivity index (χ2v) is 7.91. The Morgan fingerprint density at radius 3 is 2.35 bits per heavy atom. The normalized spacial score (nSPS) is 15.9. The molecule has 7 heteroatoms. The number of benzene rings is 2. The third kappa shape index (κ3) is 4.93. The van der Waals surface area contributed by atoms with Gasteiger partial charge in [-0.25, -0.2) is 0 Å². The minimum absolute atomic E-state index is 0.0335. The molecule has 3 rings (SSSR count). The van der Waals surface area contributed by atoms with Crippen LogP contribution in [-0.2, 0) is 16.1 Å². The Bertz CT molecular complexity index is 932. The van der Waals surface area contributed by atoms with Crippen LogP contribution < -0.4 is 24.4 Å². The van der Waals surface area contributed by atoms with E-state index in [0.717, 1.165) is 11.3 Å². The van der Waals surface area contributed by atoms with Gasteiger partial charge in [-0.1, -0.05) is 26.0 Å². The highest BCUT2D eigenvalue weighted by molar-refractivity contribution is 6.00. The smallest absolute Gasteiger partial charge is 0.227 e. The van der Waals surface area contributed by atoms with Gasteiger partial charge < -0.3 is 24.4 Å². The van der Waals surface area contributed by atoms with Crippen molar-refractivity contribution in [3.05, 3.63) is 47.5 Å². The maximum atomic E-state index is 12.8. The number of methoxy groups -OCH3 is 3. The predicted octanol–water partition coefficient (Wildman–Crippen LogP) is 3.51. The molecule has 1 fully saturated rings. The minimum Gasteiger partial charge on any atom is -0.493 e. The van der Waals surface area contributed by atoms with E-state index in [1.54, 1.807) is 38.4 Å². The van der Waals surface area contributed by atoms with Gasteiger partial charge in [0.2, 0.25) is 17.6 Å². The fraction of sp³-hybridized carbons (Fsp3) is 0.417. The van der Waals surface area contributed by atoms with Crippen molar-refractivity contribution >= 4 is 17.5 Å². The zero-order chi connectivity index (χ0) is 22.5. The van der Waals surface area contributed by atoms with E-state index in [2.05, 4.69) is 25.2 Å². The molecule has 2 aromatic rings. The molecule has 1 saturated heterocycles. The fourth-order valence-electron chi connectivity index (χ4n) is 3.76. The van der Waals surface area contributed by atoms with Crippen LogP contribution in [0.25, 0.3) is 0 Å². The largest absolute Gasteiger partial charge is 0.493 e. The molecule has 2 amide bonds. The summed E-state index contributed by atoms with van der Waals surface area (Å²) in [5, 5.41) is 2.93. The second kappa shape index (κ2) is 9.73. The number of ether oxygens (including phenoxy) is 3. The van der Waals surface area contributed by atoms with Gasteiger partial charge in [-0.15, -0.1) is 0 Å². The summed E-state index contributed by atoms with van der Waals surface area (Å²) in [5.74, 6) is 1.35. The molecule has 0 radical (unpaired) electrons. The van der Waals surface area contributed by atoms with E-state index in [4.69, 9.17) is 14.2 Å². The summed E-state index contributed by atoms with van der Waals surface area (Å²) in [6.07, 6.45) is 0.201. The molecule has 0 aliphatic carbocycles. The maximum absolute atomic E-state index is 12.8. The standard InChI is InChI=1S/C24H30N2O5/c1-15(2)17-7-6-8-19(11-17)26-14-18(12-22(26)27)24(28)25-13-16-9-20(29-3)23(31-5)21(10-16)30-4/h6-11,15,18H,12-14H2,1-5H3,(H,25,28). The van der Waals surface area contributed by atoms with Crippen molar-refractivity contribution in [3.63, 3.8) is 0 Å². The van der Waals surface area contributed by atoms with Crippen molar-refractivity contribution in [2.45, 2.75) is 32.7 Å². The third-order valence-corrected chi connectivity index (χ3v) is 5.54. The molecule has 1 aliphatic rings. The van der Waals surface area contributed by atoms with Gasteiger partial charge >= 0.3 is 0 Å². The molecule has 0 aromatic heterocycles. The van der Waals surface area contributed by atoms with Crippen LogP contribution in [0.2, 0.25) is 0 Å². The zero-order valence-corrected chi connectivity index (χ0v) is 18.7. The minimum atomic E-state index is -0.391. The van der Waals surface area contributed by atoms with Gasteiger partial charge in [0.1, 0.15) is 0 Å². The molecular weight excluding hydrogens is 396 g/mol. The van der Waals surface area contributed by atoms with E-state index in [1.807, 2.05) is 18.2 Å². The SMILES string of the molecule is COc1cc(CNC(=O)C2CC(=O)N(c3cccc(C(C)C)c3)C2)cc(OC)c1OC. The lowest BCUT2D eigenvalue weighted by molar-refractivity contribution is -0.126. The Morgan fingerprint density at radius 2 is 1.77 bits per heavy atom. The van der Waals surface area contributed by atoms with E-state index in [-0.39, 0.29) is 18.2 Å². The van der Waals surface area contributed by atoms with Crippen LogP contribution in [-0.4, -0.2) is 39.7 Å². The first-order valence-corrected chi connectivity index (χ1v) is 10.3. The number of hydrogen-bond acceptors (Lipinski definition) is 5. The van der Waals surface area contributed by atoms with Gasteiger partial charge in [0, 0.05) is 25.2 Å². The van der Waals surface area contributed by atoms with Gasteiger partial charge in [-0.3, -0.25) is 9.59 Å². The van der Waals surface area contributed by atoms with Crippen LogP contribution in [0, 0.1) is 5.92 Å². The Labute approximate surface area is 183 Å². The quantitative estimate of drug-likeness (QED) is 0.699. The van der Waals surface area contributed by atoms with E-state index in [0.29, 0.717) is 36.3 Å². The first kappa shape index (κ1) is 22.5. The number of nitrogens with one attached hydrogen (secondary N) is 1. The Hall–Kier alpha value is -3.22. The molecule has 1 heterocycles. The lowest BCUT2D eigenvalue weighted by Crippen LogP contribution is -2.32. The molecule has 1 aliphatic heterocycles. The Morgan fingerprint density at radius 1 is 1.10 bits per heavy atom. The average molecular weight is 427 g/mol. The Balaban J connectivity index is 1.67.